The fraction of sp³-hybridized carbons (Fsp3) is 0.467. The van der Waals surface area contributed by atoms with Crippen molar-refractivity contribution in [2.75, 3.05) is 11.9 Å². The predicted molar refractivity (Wildman–Crippen MR) is 79.6 cm³/mol. The number of hydrogen-bond acceptors (Lipinski definition) is 3. The van der Waals surface area contributed by atoms with Gasteiger partial charge in [-0.05, 0) is 37.3 Å². The van der Waals surface area contributed by atoms with E-state index in [0.717, 1.165) is 36.2 Å². The molecule has 0 bridgehead atoms. The zero-order chi connectivity index (χ0) is 13.1. The van der Waals surface area contributed by atoms with Crippen LogP contribution < -0.4 is 5.32 Å². The molecule has 1 aromatic heterocycles. The summed E-state index contributed by atoms with van der Waals surface area (Å²) >= 11 is 6.22. The first-order valence-electron chi connectivity index (χ1n) is 6.91. The fourth-order valence-electron chi connectivity index (χ4n) is 2.70. The molecular weight excluding hydrogens is 258 g/mol. The van der Waals surface area contributed by atoms with Gasteiger partial charge in [0.25, 0.3) is 0 Å². The number of nitrogens with zero attached hydrogens (tertiary/aromatic N) is 2. The van der Waals surface area contributed by atoms with Gasteiger partial charge in [0.1, 0.15) is 5.82 Å². The third kappa shape index (κ3) is 3.16. The van der Waals surface area contributed by atoms with Gasteiger partial charge < -0.3 is 5.32 Å². The van der Waals surface area contributed by atoms with E-state index < -0.39 is 0 Å². The van der Waals surface area contributed by atoms with Crippen LogP contribution in [-0.2, 0) is 0 Å². The summed E-state index contributed by atoms with van der Waals surface area (Å²) in [7, 11) is 0. The Morgan fingerprint density at radius 2 is 2.05 bits per heavy atom. The first kappa shape index (κ1) is 12.7. The molecule has 19 heavy (non-hydrogen) atoms. The number of para-hydroxylation sites is 2. The number of anilines is 1. The van der Waals surface area contributed by atoms with Gasteiger partial charge in [-0.25, -0.2) is 4.98 Å². The summed E-state index contributed by atoms with van der Waals surface area (Å²) in [5.41, 5.74) is 1.87. The Hall–Kier alpha value is -1.35. The van der Waals surface area contributed by atoms with E-state index in [9.17, 15) is 0 Å². The van der Waals surface area contributed by atoms with Crippen molar-refractivity contribution >= 4 is 28.5 Å². The van der Waals surface area contributed by atoms with Crippen LogP contribution in [0.1, 0.15) is 25.7 Å². The van der Waals surface area contributed by atoms with Crippen molar-refractivity contribution in [3.05, 3.63) is 30.5 Å². The molecule has 1 aromatic carbocycles. The maximum absolute atomic E-state index is 6.22. The molecule has 0 spiro atoms. The van der Waals surface area contributed by atoms with Crippen molar-refractivity contribution in [3.63, 3.8) is 0 Å². The van der Waals surface area contributed by atoms with Crippen LogP contribution in [0.5, 0.6) is 0 Å². The van der Waals surface area contributed by atoms with Gasteiger partial charge in [0.15, 0.2) is 0 Å². The van der Waals surface area contributed by atoms with Crippen LogP contribution in [0.3, 0.4) is 0 Å². The molecule has 0 saturated heterocycles. The summed E-state index contributed by atoms with van der Waals surface area (Å²) in [6.45, 7) is 0.941. The highest BCUT2D eigenvalue weighted by atomic mass is 35.5. The van der Waals surface area contributed by atoms with E-state index in [-0.39, 0.29) is 0 Å². The zero-order valence-electron chi connectivity index (χ0n) is 10.8. The van der Waals surface area contributed by atoms with Crippen molar-refractivity contribution in [1.82, 2.24) is 9.97 Å². The number of halogens is 1. The topological polar surface area (TPSA) is 37.8 Å². The Morgan fingerprint density at radius 1 is 1.21 bits per heavy atom. The lowest BCUT2D eigenvalue weighted by Gasteiger charge is -2.25. The SMILES string of the molecule is ClC1CCCC(CNc2cnc3ccccc3n2)C1. The molecule has 100 valence electrons. The second-order valence-electron chi connectivity index (χ2n) is 5.25. The molecule has 2 aromatic rings. The third-order valence-electron chi connectivity index (χ3n) is 3.74. The minimum absolute atomic E-state index is 0.350. The van der Waals surface area contributed by atoms with Crippen molar-refractivity contribution < 1.29 is 0 Å². The normalized spacial score (nSPS) is 23.4. The van der Waals surface area contributed by atoms with Crippen LogP contribution >= 0.6 is 11.6 Å². The number of alkyl halides is 1. The first-order chi connectivity index (χ1) is 9.31. The van der Waals surface area contributed by atoms with Crippen molar-refractivity contribution in [2.45, 2.75) is 31.1 Å². The molecule has 3 rings (SSSR count). The van der Waals surface area contributed by atoms with E-state index in [0.29, 0.717) is 11.3 Å². The van der Waals surface area contributed by atoms with Gasteiger partial charge in [0, 0.05) is 11.9 Å². The molecule has 2 unspecified atom stereocenters. The van der Waals surface area contributed by atoms with Crippen LogP contribution in [0.4, 0.5) is 5.82 Å². The largest absolute Gasteiger partial charge is 0.368 e. The standard InChI is InChI=1S/C15H18ClN3/c16-12-5-3-4-11(8-12)9-18-15-10-17-13-6-1-2-7-14(13)19-15/h1-2,6-7,10-12H,3-5,8-9H2,(H,18,19). The molecule has 1 saturated carbocycles. The summed E-state index contributed by atoms with van der Waals surface area (Å²) in [6.07, 6.45) is 6.58. The first-order valence-corrected chi connectivity index (χ1v) is 7.34. The fourth-order valence-corrected chi connectivity index (χ4v) is 3.11. The van der Waals surface area contributed by atoms with Crippen molar-refractivity contribution in [2.24, 2.45) is 5.92 Å². The highest BCUT2D eigenvalue weighted by Crippen LogP contribution is 2.27. The van der Waals surface area contributed by atoms with Crippen molar-refractivity contribution in [3.8, 4) is 0 Å². The maximum atomic E-state index is 6.22. The second kappa shape index (κ2) is 5.74. The van der Waals surface area contributed by atoms with Gasteiger partial charge in [-0.1, -0.05) is 18.6 Å². The quantitative estimate of drug-likeness (QED) is 0.865. The molecule has 1 N–H and O–H groups in total. The minimum atomic E-state index is 0.350. The van der Waals surface area contributed by atoms with E-state index in [1.54, 1.807) is 0 Å². The van der Waals surface area contributed by atoms with Gasteiger partial charge in [-0.3, -0.25) is 4.98 Å². The maximum Gasteiger partial charge on any atom is 0.145 e. The number of rotatable bonds is 3. The van der Waals surface area contributed by atoms with Gasteiger partial charge in [0.05, 0.1) is 17.2 Å². The van der Waals surface area contributed by atoms with Crippen LogP contribution in [0.25, 0.3) is 11.0 Å². The van der Waals surface area contributed by atoms with Crippen LogP contribution in [0.2, 0.25) is 0 Å². The summed E-state index contributed by atoms with van der Waals surface area (Å²) in [6, 6.07) is 7.93. The third-order valence-corrected chi connectivity index (χ3v) is 4.14. The Balaban J connectivity index is 1.64. The number of nitrogens with one attached hydrogen (secondary N) is 1. The summed E-state index contributed by atoms with van der Waals surface area (Å²) in [4.78, 5) is 8.98. The summed E-state index contributed by atoms with van der Waals surface area (Å²) < 4.78 is 0. The lowest BCUT2D eigenvalue weighted by atomic mass is 9.89. The van der Waals surface area contributed by atoms with E-state index in [1.807, 2.05) is 30.5 Å². The molecule has 1 fully saturated rings. The van der Waals surface area contributed by atoms with E-state index >= 15 is 0 Å². The number of benzene rings is 1. The molecule has 2 atom stereocenters. The molecule has 4 heteroatoms. The van der Waals surface area contributed by atoms with E-state index in [2.05, 4.69) is 15.3 Å². The highest BCUT2D eigenvalue weighted by Gasteiger charge is 2.19. The molecule has 1 aliphatic rings. The summed E-state index contributed by atoms with van der Waals surface area (Å²) in [5.74, 6) is 1.51. The van der Waals surface area contributed by atoms with Gasteiger partial charge in [-0.15, -0.1) is 11.6 Å². The number of aromatic nitrogens is 2. The average molecular weight is 276 g/mol. The Morgan fingerprint density at radius 3 is 2.89 bits per heavy atom. The second-order valence-corrected chi connectivity index (χ2v) is 5.87. The lowest BCUT2D eigenvalue weighted by molar-refractivity contribution is 0.378. The molecule has 1 heterocycles. The zero-order valence-corrected chi connectivity index (χ0v) is 11.6. The molecule has 0 aliphatic heterocycles. The highest BCUT2D eigenvalue weighted by molar-refractivity contribution is 6.20. The number of fused-ring (bicyclic) bond motifs is 1. The van der Waals surface area contributed by atoms with Crippen molar-refractivity contribution in [1.29, 1.82) is 0 Å². The Labute approximate surface area is 118 Å². The van der Waals surface area contributed by atoms with Gasteiger partial charge in [-0.2, -0.15) is 0 Å². The lowest BCUT2D eigenvalue weighted by Crippen LogP contribution is -2.22. The molecule has 3 nitrogen and oxygen atoms in total. The predicted octanol–water partition coefficient (Wildman–Crippen LogP) is 3.84. The van der Waals surface area contributed by atoms with Gasteiger partial charge >= 0.3 is 0 Å². The molecule has 1 aliphatic carbocycles. The number of hydrogen-bond donors (Lipinski definition) is 1. The van der Waals surface area contributed by atoms with Crippen LogP contribution in [-0.4, -0.2) is 21.9 Å². The molecular formula is C15H18ClN3. The Bertz CT molecular complexity index is 558. The smallest absolute Gasteiger partial charge is 0.145 e. The van der Waals surface area contributed by atoms with Crippen LogP contribution in [0.15, 0.2) is 30.5 Å². The Kier molecular flexibility index (Phi) is 3.83. The molecule has 0 radical (unpaired) electrons. The minimum Gasteiger partial charge on any atom is -0.368 e. The van der Waals surface area contributed by atoms with Gasteiger partial charge in [0.2, 0.25) is 0 Å². The van der Waals surface area contributed by atoms with E-state index in [4.69, 9.17) is 11.6 Å². The average Bonchev–Trinajstić information content (AvgIpc) is 2.45. The van der Waals surface area contributed by atoms with E-state index in [1.165, 1.54) is 12.8 Å². The molecule has 0 amide bonds. The monoisotopic (exact) mass is 275 g/mol. The van der Waals surface area contributed by atoms with Crippen LogP contribution in [0, 0.1) is 5.92 Å². The summed E-state index contributed by atoms with van der Waals surface area (Å²) in [5, 5.41) is 3.75.